The summed E-state index contributed by atoms with van der Waals surface area (Å²) < 4.78 is 0. The largest absolute Gasteiger partial charge is 0.351 e. The number of carbonyl (C=O) groups is 1. The standard InChI is InChI=1S/C25H31N7O2/c1-17-16-31(11-12-32(17)23-15-26-22(14-27-23)25(33)30(4)34-5)24-19(3)18(2)21(28-29-24)13-20-9-7-6-8-10-20/h6-10,14-15,17H,11-13,16H2,1-5H3/t17-/m1/s1. The Labute approximate surface area is 200 Å². The molecule has 0 bridgehead atoms. The third-order valence-electron chi connectivity index (χ3n) is 6.45. The normalized spacial score (nSPS) is 16.0. The summed E-state index contributed by atoms with van der Waals surface area (Å²) in [6.07, 6.45) is 3.93. The Kier molecular flexibility index (Phi) is 7.02. The van der Waals surface area contributed by atoms with Crippen molar-refractivity contribution in [2.75, 3.05) is 43.6 Å². The van der Waals surface area contributed by atoms with Crippen molar-refractivity contribution in [1.29, 1.82) is 0 Å². The van der Waals surface area contributed by atoms with Gasteiger partial charge in [-0.3, -0.25) is 9.63 Å². The van der Waals surface area contributed by atoms with Crippen molar-refractivity contribution in [3.05, 3.63) is 70.8 Å². The van der Waals surface area contributed by atoms with E-state index in [0.717, 1.165) is 48.4 Å². The van der Waals surface area contributed by atoms with Crippen LogP contribution >= 0.6 is 0 Å². The Morgan fingerprint density at radius 3 is 2.50 bits per heavy atom. The molecule has 0 aliphatic carbocycles. The van der Waals surface area contributed by atoms with Crippen LogP contribution in [-0.4, -0.2) is 71.0 Å². The molecule has 0 radical (unpaired) electrons. The molecule has 9 nitrogen and oxygen atoms in total. The van der Waals surface area contributed by atoms with Crippen molar-refractivity contribution in [3.63, 3.8) is 0 Å². The van der Waals surface area contributed by atoms with Crippen LogP contribution in [0.25, 0.3) is 0 Å². The first-order chi connectivity index (χ1) is 16.4. The van der Waals surface area contributed by atoms with Crippen LogP contribution in [0.1, 0.15) is 39.8 Å². The van der Waals surface area contributed by atoms with E-state index < -0.39 is 0 Å². The molecule has 1 aliphatic heterocycles. The second-order valence-electron chi connectivity index (χ2n) is 8.62. The lowest BCUT2D eigenvalue weighted by molar-refractivity contribution is -0.0760. The fraction of sp³-hybridized carbons (Fsp3) is 0.400. The summed E-state index contributed by atoms with van der Waals surface area (Å²) in [5.74, 6) is 1.36. The highest BCUT2D eigenvalue weighted by Crippen LogP contribution is 2.26. The molecule has 1 aromatic carbocycles. The number of hydrogen-bond acceptors (Lipinski definition) is 8. The van der Waals surface area contributed by atoms with Gasteiger partial charge in [0, 0.05) is 39.1 Å². The van der Waals surface area contributed by atoms with E-state index in [9.17, 15) is 4.79 Å². The van der Waals surface area contributed by atoms with Gasteiger partial charge in [0.05, 0.1) is 25.2 Å². The van der Waals surface area contributed by atoms with Crippen molar-refractivity contribution >= 4 is 17.5 Å². The Bertz CT molecular complexity index is 1140. The number of hydroxylamine groups is 2. The van der Waals surface area contributed by atoms with Gasteiger partial charge in [-0.05, 0) is 37.5 Å². The van der Waals surface area contributed by atoms with Crippen molar-refractivity contribution in [2.24, 2.45) is 0 Å². The third-order valence-corrected chi connectivity index (χ3v) is 6.45. The molecule has 1 amide bonds. The number of hydrogen-bond donors (Lipinski definition) is 0. The van der Waals surface area contributed by atoms with E-state index >= 15 is 0 Å². The topological polar surface area (TPSA) is 87.6 Å². The molecular formula is C25H31N7O2. The Morgan fingerprint density at radius 1 is 1.09 bits per heavy atom. The lowest BCUT2D eigenvalue weighted by Gasteiger charge is -2.41. The minimum atomic E-state index is -0.334. The second kappa shape index (κ2) is 10.1. The predicted octanol–water partition coefficient (Wildman–Crippen LogP) is 2.82. The van der Waals surface area contributed by atoms with E-state index in [1.54, 1.807) is 13.2 Å². The van der Waals surface area contributed by atoms with Crippen molar-refractivity contribution in [1.82, 2.24) is 25.2 Å². The molecule has 1 atom stereocenters. The van der Waals surface area contributed by atoms with Crippen molar-refractivity contribution < 1.29 is 9.63 Å². The molecule has 4 rings (SSSR count). The summed E-state index contributed by atoms with van der Waals surface area (Å²) in [7, 11) is 2.98. The molecule has 1 saturated heterocycles. The van der Waals surface area contributed by atoms with Crippen molar-refractivity contribution in [2.45, 2.75) is 33.2 Å². The number of nitrogens with zero attached hydrogens (tertiary/aromatic N) is 7. The highest BCUT2D eigenvalue weighted by molar-refractivity contribution is 5.91. The number of carbonyl (C=O) groups excluding carboxylic acids is 1. The molecule has 178 valence electrons. The monoisotopic (exact) mass is 461 g/mol. The number of anilines is 2. The summed E-state index contributed by atoms with van der Waals surface area (Å²) in [6.45, 7) is 8.78. The fourth-order valence-corrected chi connectivity index (χ4v) is 4.21. The summed E-state index contributed by atoms with van der Waals surface area (Å²) in [6, 6.07) is 10.6. The average molecular weight is 462 g/mol. The van der Waals surface area contributed by atoms with Gasteiger partial charge in [-0.2, -0.15) is 5.10 Å². The summed E-state index contributed by atoms with van der Waals surface area (Å²) in [5, 5.41) is 10.3. The number of amides is 1. The van der Waals surface area contributed by atoms with Crippen molar-refractivity contribution in [3.8, 4) is 0 Å². The maximum atomic E-state index is 12.2. The van der Waals surface area contributed by atoms with Crippen LogP contribution in [0.3, 0.4) is 0 Å². The summed E-state index contributed by atoms with van der Waals surface area (Å²) in [5.41, 5.74) is 4.86. The number of aromatic nitrogens is 4. The molecule has 0 unspecified atom stereocenters. The Hall–Kier alpha value is -3.59. The van der Waals surface area contributed by atoms with Crippen LogP contribution < -0.4 is 9.80 Å². The first-order valence-corrected chi connectivity index (χ1v) is 11.4. The van der Waals surface area contributed by atoms with E-state index in [-0.39, 0.29) is 17.6 Å². The van der Waals surface area contributed by atoms with Gasteiger partial charge < -0.3 is 9.80 Å². The van der Waals surface area contributed by atoms with Gasteiger partial charge in [-0.25, -0.2) is 15.0 Å². The van der Waals surface area contributed by atoms with E-state index in [0.29, 0.717) is 0 Å². The zero-order chi connectivity index (χ0) is 24.2. The first-order valence-electron chi connectivity index (χ1n) is 11.4. The Morgan fingerprint density at radius 2 is 1.85 bits per heavy atom. The summed E-state index contributed by atoms with van der Waals surface area (Å²) in [4.78, 5) is 30.4. The average Bonchev–Trinajstić information content (AvgIpc) is 2.87. The van der Waals surface area contributed by atoms with Crippen LogP contribution in [0.5, 0.6) is 0 Å². The van der Waals surface area contributed by atoms with Gasteiger partial charge in [0.15, 0.2) is 5.82 Å². The lowest BCUT2D eigenvalue weighted by Crippen LogP contribution is -2.53. The first kappa shape index (κ1) is 23.6. The van der Waals surface area contributed by atoms with Gasteiger partial charge in [0.2, 0.25) is 0 Å². The van der Waals surface area contributed by atoms with E-state index in [1.165, 1.54) is 30.0 Å². The predicted molar refractivity (Wildman–Crippen MR) is 131 cm³/mol. The van der Waals surface area contributed by atoms with E-state index in [2.05, 4.69) is 62.9 Å². The molecule has 0 spiro atoms. The van der Waals surface area contributed by atoms with Crippen LogP contribution in [0, 0.1) is 13.8 Å². The van der Waals surface area contributed by atoms with Gasteiger partial charge >= 0.3 is 0 Å². The number of rotatable bonds is 6. The Balaban J connectivity index is 1.45. The van der Waals surface area contributed by atoms with Crippen LogP contribution in [0.2, 0.25) is 0 Å². The van der Waals surface area contributed by atoms with E-state index in [4.69, 9.17) is 4.84 Å². The number of piperazine rings is 1. The second-order valence-corrected chi connectivity index (χ2v) is 8.62. The van der Waals surface area contributed by atoms with Gasteiger partial charge in [-0.1, -0.05) is 30.3 Å². The van der Waals surface area contributed by atoms with Crippen LogP contribution in [0.4, 0.5) is 11.6 Å². The molecule has 9 heteroatoms. The van der Waals surface area contributed by atoms with Gasteiger partial charge in [0.1, 0.15) is 11.5 Å². The zero-order valence-electron chi connectivity index (χ0n) is 20.4. The molecule has 3 heterocycles. The molecule has 2 aromatic heterocycles. The van der Waals surface area contributed by atoms with E-state index in [1.807, 2.05) is 18.2 Å². The molecule has 0 saturated carbocycles. The molecule has 1 fully saturated rings. The minimum absolute atomic E-state index is 0.191. The summed E-state index contributed by atoms with van der Waals surface area (Å²) >= 11 is 0. The number of benzene rings is 1. The quantitative estimate of drug-likeness (QED) is 0.518. The lowest BCUT2D eigenvalue weighted by atomic mass is 10.0. The SMILES string of the molecule is CON(C)C(=O)c1cnc(N2CCN(c3nnc(Cc4ccccc4)c(C)c3C)C[C@H]2C)cn1. The maximum Gasteiger partial charge on any atom is 0.297 e. The van der Waals surface area contributed by atoms with Crippen LogP contribution in [-0.2, 0) is 11.3 Å². The smallest absolute Gasteiger partial charge is 0.297 e. The maximum absolute atomic E-state index is 12.2. The molecular weight excluding hydrogens is 430 g/mol. The zero-order valence-corrected chi connectivity index (χ0v) is 20.4. The fourth-order valence-electron chi connectivity index (χ4n) is 4.21. The molecule has 1 aliphatic rings. The van der Waals surface area contributed by atoms with Gasteiger partial charge in [-0.15, -0.1) is 5.10 Å². The van der Waals surface area contributed by atoms with Gasteiger partial charge in [0.25, 0.3) is 5.91 Å². The third kappa shape index (κ3) is 4.84. The highest BCUT2D eigenvalue weighted by Gasteiger charge is 2.28. The van der Waals surface area contributed by atoms with Crippen LogP contribution in [0.15, 0.2) is 42.7 Å². The molecule has 0 N–H and O–H groups in total. The molecule has 3 aromatic rings. The highest BCUT2D eigenvalue weighted by atomic mass is 16.7. The minimum Gasteiger partial charge on any atom is -0.351 e. The molecule has 34 heavy (non-hydrogen) atoms.